The molecule has 0 spiro atoms. The number of hydrogen-bond acceptors (Lipinski definition) is 4. The average molecular weight is 246 g/mol. The molecule has 0 unspecified atom stereocenters. The highest BCUT2D eigenvalue weighted by Gasteiger charge is 2.13. The number of carbonyl (C=O) groups is 1. The number of aliphatic carboxylic acids is 1. The average Bonchev–Trinajstić information content (AvgIpc) is 2.38. The molecule has 2 N–H and O–H groups in total. The van der Waals surface area contributed by atoms with Gasteiger partial charge in [0.25, 0.3) is 0 Å². The SMILES string of the molecule is COc1cc(N[C@@H](C)C(=O)O)c2ncccc2c1. The number of fused-ring (bicyclic) bond motifs is 1. The highest BCUT2D eigenvalue weighted by atomic mass is 16.5. The number of nitrogens with one attached hydrogen (secondary N) is 1. The molecule has 18 heavy (non-hydrogen) atoms. The molecule has 94 valence electrons. The smallest absolute Gasteiger partial charge is 0.325 e. The van der Waals surface area contributed by atoms with Crippen LogP contribution in [0, 0.1) is 0 Å². The number of carboxylic acid groups (broad SMARTS) is 1. The van der Waals surface area contributed by atoms with E-state index < -0.39 is 12.0 Å². The number of methoxy groups -OCH3 is 1. The lowest BCUT2D eigenvalue weighted by Crippen LogP contribution is -2.25. The molecular weight excluding hydrogens is 232 g/mol. The number of benzene rings is 1. The van der Waals surface area contributed by atoms with Crippen molar-refractivity contribution in [1.82, 2.24) is 4.98 Å². The number of anilines is 1. The van der Waals surface area contributed by atoms with Gasteiger partial charge >= 0.3 is 5.97 Å². The Morgan fingerprint density at radius 2 is 2.28 bits per heavy atom. The van der Waals surface area contributed by atoms with Gasteiger partial charge in [-0.15, -0.1) is 0 Å². The Balaban J connectivity index is 2.50. The van der Waals surface area contributed by atoms with Crippen molar-refractivity contribution in [3.63, 3.8) is 0 Å². The highest BCUT2D eigenvalue weighted by molar-refractivity contribution is 5.93. The molecule has 0 aliphatic rings. The third kappa shape index (κ3) is 2.34. The van der Waals surface area contributed by atoms with Crippen LogP contribution in [0.1, 0.15) is 6.92 Å². The minimum absolute atomic E-state index is 0.653. The molecule has 5 heteroatoms. The fraction of sp³-hybridized carbons (Fsp3) is 0.231. The summed E-state index contributed by atoms with van der Waals surface area (Å²) in [6, 6.07) is 6.64. The number of aromatic nitrogens is 1. The van der Waals surface area contributed by atoms with Crippen molar-refractivity contribution in [3.05, 3.63) is 30.5 Å². The molecule has 0 saturated carbocycles. The van der Waals surface area contributed by atoms with E-state index in [4.69, 9.17) is 9.84 Å². The van der Waals surface area contributed by atoms with Gasteiger partial charge in [0, 0.05) is 17.6 Å². The maximum absolute atomic E-state index is 10.9. The summed E-state index contributed by atoms with van der Waals surface area (Å²) < 4.78 is 5.19. The zero-order chi connectivity index (χ0) is 13.1. The van der Waals surface area contributed by atoms with Crippen molar-refractivity contribution in [2.45, 2.75) is 13.0 Å². The number of ether oxygens (including phenoxy) is 1. The molecule has 0 amide bonds. The van der Waals surface area contributed by atoms with Crippen LogP contribution < -0.4 is 10.1 Å². The molecule has 0 aliphatic heterocycles. The summed E-state index contributed by atoms with van der Waals surface area (Å²) in [4.78, 5) is 15.1. The number of carboxylic acids is 1. The van der Waals surface area contributed by atoms with Crippen LogP contribution in [0.3, 0.4) is 0 Å². The van der Waals surface area contributed by atoms with E-state index in [-0.39, 0.29) is 0 Å². The maximum atomic E-state index is 10.9. The lowest BCUT2D eigenvalue weighted by Gasteiger charge is -2.14. The Bertz CT molecular complexity index is 583. The van der Waals surface area contributed by atoms with E-state index in [9.17, 15) is 4.79 Å². The van der Waals surface area contributed by atoms with Crippen molar-refractivity contribution in [1.29, 1.82) is 0 Å². The van der Waals surface area contributed by atoms with Crippen molar-refractivity contribution in [2.75, 3.05) is 12.4 Å². The standard InChI is InChI=1S/C13H14N2O3/c1-8(13(16)17)15-11-7-10(18-2)6-9-4-3-5-14-12(9)11/h3-8,15H,1-2H3,(H,16,17)/t8-/m0/s1. The third-order valence-corrected chi connectivity index (χ3v) is 2.66. The van der Waals surface area contributed by atoms with Gasteiger partial charge in [0.2, 0.25) is 0 Å². The summed E-state index contributed by atoms with van der Waals surface area (Å²) in [5.41, 5.74) is 1.38. The van der Waals surface area contributed by atoms with Gasteiger partial charge in [0.15, 0.2) is 0 Å². The number of pyridine rings is 1. The first-order valence-electron chi connectivity index (χ1n) is 5.54. The van der Waals surface area contributed by atoms with Crippen LogP contribution in [0.2, 0.25) is 0 Å². The molecule has 1 aromatic carbocycles. The third-order valence-electron chi connectivity index (χ3n) is 2.66. The lowest BCUT2D eigenvalue weighted by molar-refractivity contribution is -0.137. The molecule has 1 atom stereocenters. The Labute approximate surface area is 104 Å². The normalized spacial score (nSPS) is 12.1. The predicted octanol–water partition coefficient (Wildman–Crippen LogP) is 2.13. The van der Waals surface area contributed by atoms with Crippen LogP contribution in [0.15, 0.2) is 30.5 Å². The summed E-state index contributed by atoms with van der Waals surface area (Å²) in [5.74, 6) is -0.252. The van der Waals surface area contributed by atoms with Gasteiger partial charge in [-0.25, -0.2) is 0 Å². The molecule has 0 radical (unpaired) electrons. The lowest BCUT2D eigenvalue weighted by atomic mass is 10.1. The fourth-order valence-electron chi connectivity index (χ4n) is 1.69. The zero-order valence-electron chi connectivity index (χ0n) is 10.2. The van der Waals surface area contributed by atoms with Crippen LogP contribution in [0.5, 0.6) is 5.75 Å². The molecule has 1 aromatic heterocycles. The van der Waals surface area contributed by atoms with Gasteiger partial charge in [-0.05, 0) is 19.1 Å². The summed E-state index contributed by atoms with van der Waals surface area (Å²) in [6.07, 6.45) is 1.67. The molecule has 0 bridgehead atoms. The van der Waals surface area contributed by atoms with E-state index in [0.29, 0.717) is 11.4 Å². The quantitative estimate of drug-likeness (QED) is 0.864. The first-order valence-corrected chi connectivity index (χ1v) is 5.54. The summed E-state index contributed by atoms with van der Waals surface area (Å²) in [6.45, 7) is 1.58. The Morgan fingerprint density at radius 3 is 2.94 bits per heavy atom. The summed E-state index contributed by atoms with van der Waals surface area (Å²) in [5, 5.41) is 12.7. The molecule has 5 nitrogen and oxygen atoms in total. The van der Waals surface area contributed by atoms with E-state index in [0.717, 1.165) is 10.9 Å². The van der Waals surface area contributed by atoms with Crippen molar-refractivity contribution < 1.29 is 14.6 Å². The largest absolute Gasteiger partial charge is 0.497 e. The zero-order valence-corrected chi connectivity index (χ0v) is 10.2. The number of rotatable bonds is 4. The molecule has 0 aliphatic carbocycles. The van der Waals surface area contributed by atoms with Crippen LogP contribution in [0.25, 0.3) is 10.9 Å². The number of hydrogen-bond donors (Lipinski definition) is 2. The van der Waals surface area contributed by atoms with Crippen LogP contribution in [0.4, 0.5) is 5.69 Å². The predicted molar refractivity (Wildman–Crippen MR) is 69.0 cm³/mol. The molecule has 2 rings (SSSR count). The van der Waals surface area contributed by atoms with Gasteiger partial charge in [0.05, 0.1) is 18.3 Å². The minimum atomic E-state index is -0.915. The Kier molecular flexibility index (Phi) is 3.32. The topological polar surface area (TPSA) is 71.5 Å². The van der Waals surface area contributed by atoms with E-state index in [1.54, 1.807) is 26.3 Å². The van der Waals surface area contributed by atoms with Crippen LogP contribution in [-0.4, -0.2) is 29.2 Å². The van der Waals surface area contributed by atoms with E-state index >= 15 is 0 Å². The fourth-order valence-corrected chi connectivity index (χ4v) is 1.69. The second-order valence-electron chi connectivity index (χ2n) is 3.95. The van der Waals surface area contributed by atoms with Gasteiger partial charge in [-0.3, -0.25) is 9.78 Å². The van der Waals surface area contributed by atoms with Crippen LogP contribution in [-0.2, 0) is 4.79 Å². The first-order chi connectivity index (χ1) is 8.61. The minimum Gasteiger partial charge on any atom is -0.497 e. The summed E-state index contributed by atoms with van der Waals surface area (Å²) >= 11 is 0. The van der Waals surface area contributed by atoms with Crippen molar-refractivity contribution in [3.8, 4) is 5.75 Å². The Morgan fingerprint density at radius 1 is 1.50 bits per heavy atom. The highest BCUT2D eigenvalue weighted by Crippen LogP contribution is 2.28. The summed E-state index contributed by atoms with van der Waals surface area (Å²) in [7, 11) is 1.57. The van der Waals surface area contributed by atoms with E-state index in [2.05, 4.69) is 10.3 Å². The van der Waals surface area contributed by atoms with E-state index in [1.165, 1.54) is 0 Å². The van der Waals surface area contributed by atoms with Gasteiger partial charge in [0.1, 0.15) is 11.8 Å². The molecule has 0 fully saturated rings. The molecular formula is C13H14N2O3. The molecule has 2 aromatic rings. The first kappa shape index (κ1) is 12.2. The second-order valence-corrected chi connectivity index (χ2v) is 3.95. The van der Waals surface area contributed by atoms with Crippen molar-refractivity contribution in [2.24, 2.45) is 0 Å². The van der Waals surface area contributed by atoms with Crippen molar-refractivity contribution >= 4 is 22.6 Å². The number of nitrogens with zero attached hydrogens (tertiary/aromatic N) is 1. The van der Waals surface area contributed by atoms with Gasteiger partial charge in [-0.1, -0.05) is 6.07 Å². The maximum Gasteiger partial charge on any atom is 0.325 e. The second kappa shape index (κ2) is 4.91. The van der Waals surface area contributed by atoms with Gasteiger partial charge in [-0.2, -0.15) is 0 Å². The molecule has 1 heterocycles. The van der Waals surface area contributed by atoms with Gasteiger partial charge < -0.3 is 15.2 Å². The monoisotopic (exact) mass is 246 g/mol. The van der Waals surface area contributed by atoms with E-state index in [1.807, 2.05) is 18.2 Å². The molecule has 0 saturated heterocycles. The van der Waals surface area contributed by atoms with Crippen LogP contribution >= 0.6 is 0 Å². The Hall–Kier alpha value is -2.30.